The number of carbonyl (C=O) groups excluding carboxylic acids is 2. The molecule has 2 bridgehead atoms. The fourth-order valence-electron chi connectivity index (χ4n) is 6.40. The van der Waals surface area contributed by atoms with Crippen molar-refractivity contribution in [3.8, 4) is 11.1 Å². The number of rotatable bonds is 8. The minimum absolute atomic E-state index is 0.0104. The van der Waals surface area contributed by atoms with Gasteiger partial charge < -0.3 is 20.1 Å². The predicted octanol–water partition coefficient (Wildman–Crippen LogP) is 4.55. The summed E-state index contributed by atoms with van der Waals surface area (Å²) < 4.78 is 5.60. The molecule has 2 aliphatic carbocycles. The summed E-state index contributed by atoms with van der Waals surface area (Å²) in [5.74, 6) is -0.996. The summed E-state index contributed by atoms with van der Waals surface area (Å²) in [5, 5.41) is 12.5. The Morgan fingerprint density at radius 2 is 1.69 bits per heavy atom. The van der Waals surface area contributed by atoms with E-state index in [9.17, 15) is 19.5 Å². The van der Waals surface area contributed by atoms with E-state index in [0.29, 0.717) is 32.2 Å². The quantitative estimate of drug-likeness (QED) is 0.583. The van der Waals surface area contributed by atoms with Gasteiger partial charge in [-0.05, 0) is 60.3 Å². The normalized spacial score (nSPS) is 24.8. The van der Waals surface area contributed by atoms with E-state index < -0.39 is 17.6 Å². The van der Waals surface area contributed by atoms with Crippen LogP contribution in [0.4, 0.5) is 4.79 Å². The van der Waals surface area contributed by atoms with Gasteiger partial charge in [-0.3, -0.25) is 4.79 Å². The van der Waals surface area contributed by atoms with Gasteiger partial charge in [-0.15, -0.1) is 0 Å². The highest BCUT2D eigenvalue weighted by Gasteiger charge is 2.68. The van der Waals surface area contributed by atoms with E-state index in [1.807, 2.05) is 38.1 Å². The standard InChI is InChI=1S/C28H32N2O5/c1-18(8-7-13-24(31)30-17-27(2)15-28(30,16-27)25(32)33)29-26(34)35-14-23-21-11-5-3-9-19(21)20-10-4-6-12-22(20)23/h3-6,9-12,18,23H,7-8,13-17H2,1-2H3,(H,29,34)(H,32,33). The topological polar surface area (TPSA) is 95.9 Å². The molecule has 2 saturated heterocycles. The van der Waals surface area contributed by atoms with E-state index in [-0.39, 0.29) is 36.3 Å². The molecule has 3 fully saturated rings. The average molecular weight is 477 g/mol. The number of carboxylic acid groups (broad SMARTS) is 1. The summed E-state index contributed by atoms with van der Waals surface area (Å²) in [5.41, 5.74) is 3.64. The Balaban J connectivity index is 1.09. The lowest BCUT2D eigenvalue weighted by Gasteiger charge is -2.42. The Labute approximate surface area is 205 Å². The number of nitrogens with one attached hydrogen (secondary N) is 1. The van der Waals surface area contributed by atoms with Gasteiger partial charge in [-0.1, -0.05) is 55.5 Å². The number of hydrogen-bond donors (Lipinski definition) is 2. The van der Waals surface area contributed by atoms with Gasteiger partial charge in [0.2, 0.25) is 5.91 Å². The highest BCUT2D eigenvalue weighted by atomic mass is 16.5. The van der Waals surface area contributed by atoms with Gasteiger partial charge in [-0.2, -0.15) is 0 Å². The number of fused-ring (bicyclic) bond motifs is 4. The first-order valence-corrected chi connectivity index (χ1v) is 12.4. The van der Waals surface area contributed by atoms with Crippen LogP contribution in [0.15, 0.2) is 48.5 Å². The van der Waals surface area contributed by atoms with Crippen LogP contribution in [-0.2, 0) is 14.3 Å². The minimum Gasteiger partial charge on any atom is -0.479 e. The third kappa shape index (κ3) is 4.07. The van der Waals surface area contributed by atoms with Crippen LogP contribution in [0.2, 0.25) is 0 Å². The van der Waals surface area contributed by atoms with Crippen molar-refractivity contribution in [2.75, 3.05) is 13.2 Å². The van der Waals surface area contributed by atoms with Gasteiger partial charge in [0.1, 0.15) is 12.1 Å². The van der Waals surface area contributed by atoms with E-state index >= 15 is 0 Å². The van der Waals surface area contributed by atoms with Crippen LogP contribution in [0.25, 0.3) is 11.1 Å². The Kier molecular flexibility index (Phi) is 5.82. The Morgan fingerprint density at radius 3 is 2.29 bits per heavy atom. The lowest BCUT2D eigenvalue weighted by molar-refractivity contribution is -0.160. The second-order valence-corrected chi connectivity index (χ2v) is 10.7. The molecule has 2 amide bonds. The second kappa shape index (κ2) is 8.70. The number of amides is 2. The van der Waals surface area contributed by atoms with Crippen molar-refractivity contribution in [2.24, 2.45) is 5.41 Å². The van der Waals surface area contributed by atoms with Crippen molar-refractivity contribution in [3.05, 3.63) is 59.7 Å². The maximum Gasteiger partial charge on any atom is 0.407 e. The van der Waals surface area contributed by atoms with Gasteiger partial charge in [-0.25, -0.2) is 9.59 Å². The van der Waals surface area contributed by atoms with Crippen molar-refractivity contribution in [3.63, 3.8) is 0 Å². The largest absolute Gasteiger partial charge is 0.479 e. The molecule has 2 aliphatic heterocycles. The summed E-state index contributed by atoms with van der Waals surface area (Å²) in [7, 11) is 0. The zero-order chi connectivity index (χ0) is 24.8. The smallest absolute Gasteiger partial charge is 0.407 e. The first kappa shape index (κ1) is 23.4. The molecule has 0 radical (unpaired) electrons. The van der Waals surface area contributed by atoms with Crippen molar-refractivity contribution in [1.82, 2.24) is 10.2 Å². The van der Waals surface area contributed by atoms with Gasteiger partial charge in [0.15, 0.2) is 0 Å². The van der Waals surface area contributed by atoms with E-state index in [1.165, 1.54) is 22.3 Å². The molecule has 2 N–H and O–H groups in total. The summed E-state index contributed by atoms with van der Waals surface area (Å²) in [6.45, 7) is 4.71. The number of carbonyl (C=O) groups is 3. The molecule has 7 nitrogen and oxygen atoms in total. The average Bonchev–Trinajstić information content (AvgIpc) is 3.41. The molecule has 1 unspecified atom stereocenters. The van der Waals surface area contributed by atoms with Crippen LogP contribution in [0.3, 0.4) is 0 Å². The lowest BCUT2D eigenvalue weighted by Crippen LogP contribution is -2.56. The summed E-state index contributed by atoms with van der Waals surface area (Å²) >= 11 is 0. The Hall–Kier alpha value is -3.35. The molecule has 184 valence electrons. The van der Waals surface area contributed by atoms with Crippen molar-refractivity contribution in [2.45, 2.75) is 63.5 Å². The van der Waals surface area contributed by atoms with E-state index in [0.717, 1.165) is 0 Å². The second-order valence-electron chi connectivity index (χ2n) is 10.7. The molecular weight excluding hydrogens is 444 g/mol. The highest BCUT2D eigenvalue weighted by Crippen LogP contribution is 2.59. The molecule has 4 aliphatic rings. The number of nitrogens with zero attached hydrogens (tertiary/aromatic N) is 1. The van der Waals surface area contributed by atoms with Gasteiger partial charge in [0.25, 0.3) is 0 Å². The van der Waals surface area contributed by atoms with Crippen molar-refractivity contribution < 1.29 is 24.2 Å². The van der Waals surface area contributed by atoms with Crippen LogP contribution in [-0.4, -0.2) is 52.7 Å². The van der Waals surface area contributed by atoms with Crippen LogP contribution in [0.1, 0.15) is 63.0 Å². The molecule has 2 aromatic rings. The number of alkyl carbamates (subject to hydrolysis) is 1. The van der Waals surface area contributed by atoms with E-state index in [4.69, 9.17) is 4.74 Å². The van der Waals surface area contributed by atoms with Crippen molar-refractivity contribution >= 4 is 18.0 Å². The zero-order valence-corrected chi connectivity index (χ0v) is 20.3. The van der Waals surface area contributed by atoms with E-state index in [1.54, 1.807) is 4.90 Å². The Morgan fingerprint density at radius 1 is 1.09 bits per heavy atom. The third-order valence-corrected chi connectivity index (χ3v) is 7.93. The van der Waals surface area contributed by atoms with E-state index in [2.05, 4.69) is 29.6 Å². The van der Waals surface area contributed by atoms with Crippen LogP contribution in [0, 0.1) is 5.41 Å². The van der Waals surface area contributed by atoms with Crippen LogP contribution >= 0.6 is 0 Å². The zero-order valence-electron chi connectivity index (χ0n) is 20.3. The fourth-order valence-corrected chi connectivity index (χ4v) is 6.40. The number of aliphatic carboxylic acids is 1. The van der Waals surface area contributed by atoms with Crippen LogP contribution in [0.5, 0.6) is 0 Å². The molecule has 0 spiro atoms. The van der Waals surface area contributed by atoms with Crippen molar-refractivity contribution in [1.29, 1.82) is 0 Å². The number of carboxylic acids is 1. The molecule has 1 saturated carbocycles. The number of benzene rings is 2. The molecular formula is C28H32N2O5. The number of hydrogen-bond acceptors (Lipinski definition) is 4. The molecule has 0 aromatic heterocycles. The first-order chi connectivity index (χ1) is 16.7. The first-order valence-electron chi connectivity index (χ1n) is 12.4. The molecule has 2 heterocycles. The molecule has 1 atom stereocenters. The monoisotopic (exact) mass is 476 g/mol. The van der Waals surface area contributed by atoms with Gasteiger partial charge in [0.05, 0.1) is 0 Å². The lowest BCUT2D eigenvalue weighted by atomic mass is 9.63. The number of ether oxygens (including phenoxy) is 1. The van der Waals surface area contributed by atoms with Gasteiger partial charge in [0, 0.05) is 24.9 Å². The van der Waals surface area contributed by atoms with Crippen LogP contribution < -0.4 is 5.32 Å². The molecule has 7 heteroatoms. The summed E-state index contributed by atoms with van der Waals surface area (Å²) in [6, 6.07) is 16.3. The summed E-state index contributed by atoms with van der Waals surface area (Å²) in [6.07, 6.45) is 2.08. The third-order valence-electron chi connectivity index (χ3n) is 7.93. The fraction of sp³-hybridized carbons (Fsp3) is 0.464. The molecule has 2 aromatic carbocycles. The molecule has 35 heavy (non-hydrogen) atoms. The van der Waals surface area contributed by atoms with Gasteiger partial charge >= 0.3 is 12.1 Å². The maximum atomic E-state index is 12.7. The highest BCUT2D eigenvalue weighted by molar-refractivity contribution is 5.90. The Bertz CT molecular complexity index is 1120. The minimum atomic E-state index is -1.00. The summed E-state index contributed by atoms with van der Waals surface area (Å²) in [4.78, 5) is 38.5. The molecule has 6 rings (SSSR count). The maximum absolute atomic E-state index is 12.7. The predicted molar refractivity (Wildman–Crippen MR) is 131 cm³/mol. The SMILES string of the molecule is CC(CCCC(=O)N1CC2(C)CC1(C(=O)O)C2)NC(=O)OCC1c2ccccc2-c2ccccc21.